The highest BCUT2D eigenvalue weighted by Gasteiger charge is 2.34. The molecule has 3 amide bonds. The van der Waals surface area contributed by atoms with Gasteiger partial charge in [0.25, 0.3) is 11.5 Å². The topological polar surface area (TPSA) is 137 Å². The second-order valence-electron chi connectivity index (χ2n) is 8.78. The minimum absolute atomic E-state index is 0.105. The third-order valence-electron chi connectivity index (χ3n) is 5.74. The number of aromatic hydroxyl groups is 1. The van der Waals surface area contributed by atoms with Gasteiger partial charge in [0.05, 0.1) is 4.87 Å². The SMILES string of the molecule is CN(C)C(=O)C(=O)N(C)C1CNCCn2c1nc(C(=O)NCC1=CC=CC(C)(Cl)C1)c(O)c2=O. The highest BCUT2D eigenvalue weighted by atomic mass is 35.5. The Kier molecular flexibility index (Phi) is 7.47. The largest absolute Gasteiger partial charge is 0.501 e. The highest BCUT2D eigenvalue weighted by Crippen LogP contribution is 2.28. The Morgan fingerprint density at radius 1 is 1.32 bits per heavy atom. The molecule has 0 bridgehead atoms. The van der Waals surface area contributed by atoms with E-state index in [9.17, 15) is 24.3 Å². The van der Waals surface area contributed by atoms with Gasteiger partial charge in [-0.15, -0.1) is 11.6 Å². The number of carbonyl (C=O) groups is 3. The monoisotopic (exact) mass is 492 g/mol. The average Bonchev–Trinajstić information content (AvgIpc) is 3.00. The predicted octanol–water partition coefficient (Wildman–Crippen LogP) is -0.247. The number of hydrogen-bond donors (Lipinski definition) is 3. The maximum atomic E-state index is 12.9. The van der Waals surface area contributed by atoms with E-state index in [-0.39, 0.29) is 25.5 Å². The Balaban J connectivity index is 1.92. The van der Waals surface area contributed by atoms with E-state index in [4.69, 9.17) is 11.6 Å². The minimum atomic E-state index is -0.818. The van der Waals surface area contributed by atoms with Crippen LogP contribution in [0.5, 0.6) is 5.75 Å². The number of carbonyl (C=O) groups excluding carboxylic acids is 3. The summed E-state index contributed by atoms with van der Waals surface area (Å²) >= 11 is 6.35. The van der Waals surface area contributed by atoms with Gasteiger partial charge in [-0.2, -0.15) is 0 Å². The van der Waals surface area contributed by atoms with Crippen LogP contribution in [0.15, 0.2) is 28.6 Å². The third kappa shape index (κ3) is 5.31. The summed E-state index contributed by atoms with van der Waals surface area (Å²) < 4.78 is 1.22. The van der Waals surface area contributed by atoms with Crippen molar-refractivity contribution in [2.45, 2.75) is 30.8 Å². The molecule has 0 saturated carbocycles. The van der Waals surface area contributed by atoms with Gasteiger partial charge >= 0.3 is 11.8 Å². The van der Waals surface area contributed by atoms with E-state index in [1.54, 1.807) is 0 Å². The first-order valence-corrected chi connectivity index (χ1v) is 11.2. The zero-order valence-electron chi connectivity index (χ0n) is 19.6. The fourth-order valence-electron chi connectivity index (χ4n) is 3.85. The Labute approximate surface area is 202 Å². The number of nitrogens with one attached hydrogen (secondary N) is 2. The molecule has 1 aliphatic heterocycles. The zero-order chi connectivity index (χ0) is 25.2. The quantitative estimate of drug-likeness (QED) is 0.389. The Bertz CT molecular complexity index is 1120. The Hall–Kier alpha value is -3.18. The number of rotatable bonds is 4. The summed E-state index contributed by atoms with van der Waals surface area (Å²) in [5, 5.41) is 16.2. The van der Waals surface area contributed by atoms with Crippen molar-refractivity contribution in [1.29, 1.82) is 0 Å². The fourth-order valence-corrected chi connectivity index (χ4v) is 4.09. The minimum Gasteiger partial charge on any atom is -0.501 e. The van der Waals surface area contributed by atoms with Crippen molar-refractivity contribution >= 4 is 29.3 Å². The number of hydrogen-bond acceptors (Lipinski definition) is 7. The summed E-state index contributed by atoms with van der Waals surface area (Å²) in [4.78, 5) is 56.7. The molecule has 0 aromatic carbocycles. The molecule has 0 fully saturated rings. The lowest BCUT2D eigenvalue weighted by molar-refractivity contribution is -0.150. The summed E-state index contributed by atoms with van der Waals surface area (Å²) in [7, 11) is 4.35. The second-order valence-corrected chi connectivity index (χ2v) is 9.64. The van der Waals surface area contributed by atoms with Gasteiger partial charge in [0, 0.05) is 47.3 Å². The molecule has 11 nitrogen and oxygen atoms in total. The molecular weight excluding hydrogens is 464 g/mol. The molecule has 1 aromatic heterocycles. The van der Waals surface area contributed by atoms with Gasteiger partial charge in [-0.3, -0.25) is 23.7 Å². The number of halogens is 1. The summed E-state index contributed by atoms with van der Waals surface area (Å²) in [6.07, 6.45) is 6.03. The normalized spacial score (nSPS) is 21.7. The van der Waals surface area contributed by atoms with Crippen LogP contribution in [0.1, 0.15) is 35.7 Å². The van der Waals surface area contributed by atoms with E-state index < -0.39 is 45.6 Å². The maximum absolute atomic E-state index is 12.9. The summed E-state index contributed by atoms with van der Waals surface area (Å²) in [5.41, 5.74) is -0.366. The van der Waals surface area contributed by atoms with Gasteiger partial charge in [0.15, 0.2) is 5.69 Å². The van der Waals surface area contributed by atoms with Crippen molar-refractivity contribution in [1.82, 2.24) is 30.0 Å². The Morgan fingerprint density at radius 3 is 2.68 bits per heavy atom. The van der Waals surface area contributed by atoms with Gasteiger partial charge in [0.2, 0.25) is 5.75 Å². The molecule has 34 heavy (non-hydrogen) atoms. The molecule has 12 heteroatoms. The van der Waals surface area contributed by atoms with Gasteiger partial charge < -0.3 is 25.5 Å². The Morgan fingerprint density at radius 2 is 2.03 bits per heavy atom. The summed E-state index contributed by atoms with van der Waals surface area (Å²) in [5.74, 6) is -2.94. The molecule has 2 atom stereocenters. The van der Waals surface area contributed by atoms with Crippen molar-refractivity contribution in [2.75, 3.05) is 40.8 Å². The van der Waals surface area contributed by atoms with Crippen molar-refractivity contribution < 1.29 is 19.5 Å². The van der Waals surface area contributed by atoms with Crippen LogP contribution in [0.2, 0.25) is 0 Å². The van der Waals surface area contributed by atoms with Gasteiger partial charge in [-0.05, 0) is 18.9 Å². The van der Waals surface area contributed by atoms with E-state index in [1.165, 1.54) is 30.6 Å². The van der Waals surface area contributed by atoms with Crippen LogP contribution in [0, 0.1) is 0 Å². The van der Waals surface area contributed by atoms with Crippen LogP contribution in [0.25, 0.3) is 0 Å². The van der Waals surface area contributed by atoms with Crippen LogP contribution in [0.4, 0.5) is 0 Å². The molecule has 184 valence electrons. The fraction of sp³-hybridized carbons (Fsp3) is 0.500. The van der Waals surface area contributed by atoms with E-state index in [1.807, 2.05) is 25.2 Å². The van der Waals surface area contributed by atoms with Crippen LogP contribution >= 0.6 is 11.6 Å². The van der Waals surface area contributed by atoms with Crippen LogP contribution in [-0.2, 0) is 16.1 Å². The summed E-state index contributed by atoms with van der Waals surface area (Å²) in [6, 6.07) is -0.818. The van der Waals surface area contributed by atoms with Gasteiger partial charge in [0.1, 0.15) is 11.9 Å². The first-order chi connectivity index (χ1) is 15.9. The van der Waals surface area contributed by atoms with Crippen LogP contribution in [-0.4, -0.2) is 87.8 Å². The number of fused-ring (bicyclic) bond motifs is 1. The van der Waals surface area contributed by atoms with Crippen molar-refractivity contribution in [2.24, 2.45) is 0 Å². The van der Waals surface area contributed by atoms with E-state index in [2.05, 4.69) is 15.6 Å². The molecule has 1 aromatic rings. The first kappa shape index (κ1) is 25.4. The van der Waals surface area contributed by atoms with Gasteiger partial charge in [-0.25, -0.2) is 4.98 Å². The number of allylic oxidation sites excluding steroid dienone is 3. The van der Waals surface area contributed by atoms with Gasteiger partial charge in [-0.1, -0.05) is 18.2 Å². The smallest absolute Gasteiger partial charge is 0.312 e. The van der Waals surface area contributed by atoms with Crippen LogP contribution in [0.3, 0.4) is 0 Å². The lowest BCUT2D eigenvalue weighted by Crippen LogP contribution is -2.45. The highest BCUT2D eigenvalue weighted by molar-refractivity contribution is 6.34. The van der Waals surface area contributed by atoms with Crippen LogP contribution < -0.4 is 16.2 Å². The standard InChI is InChI=1S/C22H29ClN6O5/c1-22(23)7-5-6-13(10-22)11-25-18(31)15-16(30)19(32)29-9-8-24-12-14(17(29)26-15)28(4)21(34)20(33)27(2)3/h5-7,14,24,30H,8-12H2,1-4H3,(H,25,31). The molecule has 2 aliphatic rings. The average molecular weight is 493 g/mol. The molecular formula is C22H29ClN6O5. The van der Waals surface area contributed by atoms with E-state index >= 15 is 0 Å². The van der Waals surface area contributed by atoms with Crippen molar-refractivity contribution in [3.8, 4) is 5.75 Å². The third-order valence-corrected chi connectivity index (χ3v) is 6.00. The second kappa shape index (κ2) is 9.98. The zero-order valence-corrected chi connectivity index (χ0v) is 20.3. The number of nitrogens with zero attached hydrogens (tertiary/aromatic N) is 4. The lowest BCUT2D eigenvalue weighted by Gasteiger charge is -2.28. The van der Waals surface area contributed by atoms with Crippen molar-refractivity contribution in [3.63, 3.8) is 0 Å². The predicted molar refractivity (Wildman–Crippen MR) is 126 cm³/mol. The molecule has 2 heterocycles. The molecule has 3 N–H and O–H groups in total. The number of aromatic nitrogens is 2. The van der Waals surface area contributed by atoms with E-state index in [0.29, 0.717) is 13.0 Å². The number of likely N-dealkylation sites (N-methyl/N-ethyl adjacent to an activating group) is 2. The first-order valence-electron chi connectivity index (χ1n) is 10.8. The molecule has 0 saturated heterocycles. The molecule has 0 radical (unpaired) electrons. The lowest BCUT2D eigenvalue weighted by atomic mass is 9.95. The molecule has 1 aliphatic carbocycles. The number of alkyl halides is 1. The van der Waals surface area contributed by atoms with Crippen molar-refractivity contribution in [3.05, 3.63) is 45.7 Å². The maximum Gasteiger partial charge on any atom is 0.312 e. The molecule has 3 rings (SSSR count). The van der Waals surface area contributed by atoms with E-state index in [0.717, 1.165) is 10.5 Å². The summed E-state index contributed by atoms with van der Waals surface area (Å²) in [6.45, 7) is 2.76. The molecule has 2 unspecified atom stereocenters. The number of amides is 3. The molecule has 0 spiro atoms.